The molecule has 0 unspecified atom stereocenters. The lowest BCUT2D eigenvalue weighted by Crippen LogP contribution is -2.22. The van der Waals surface area contributed by atoms with Crippen molar-refractivity contribution in [1.82, 2.24) is 0 Å². The highest BCUT2D eigenvalue weighted by Crippen LogP contribution is 2.19. The van der Waals surface area contributed by atoms with Gasteiger partial charge in [-0.05, 0) is 37.0 Å². The number of nitrogens with two attached hydrogens (primary N) is 1. The summed E-state index contributed by atoms with van der Waals surface area (Å²) in [5.74, 6) is 0.290. The lowest BCUT2D eigenvalue weighted by Gasteiger charge is -2.22. The Morgan fingerprint density at radius 3 is 2.81 bits per heavy atom. The zero-order chi connectivity index (χ0) is 11.4. The SMILES string of the molecule is Nc1ccc(NCC2CCOCC2)c(F)c1. The normalized spacial score (nSPS) is 17.3. The Morgan fingerprint density at radius 1 is 1.38 bits per heavy atom. The van der Waals surface area contributed by atoms with E-state index in [-0.39, 0.29) is 5.82 Å². The monoisotopic (exact) mass is 224 g/mol. The molecule has 1 aliphatic heterocycles. The molecule has 3 N–H and O–H groups in total. The summed E-state index contributed by atoms with van der Waals surface area (Å²) >= 11 is 0. The Labute approximate surface area is 94.8 Å². The van der Waals surface area contributed by atoms with E-state index in [0.29, 0.717) is 17.3 Å². The summed E-state index contributed by atoms with van der Waals surface area (Å²) in [4.78, 5) is 0. The number of halogens is 1. The fourth-order valence-electron chi connectivity index (χ4n) is 1.88. The quantitative estimate of drug-likeness (QED) is 0.774. The molecule has 1 fully saturated rings. The van der Waals surface area contributed by atoms with E-state index in [2.05, 4.69) is 5.32 Å². The standard InChI is InChI=1S/C12H17FN2O/c13-11-7-10(14)1-2-12(11)15-8-9-3-5-16-6-4-9/h1-2,7,9,15H,3-6,8,14H2. The Kier molecular flexibility index (Phi) is 3.62. The smallest absolute Gasteiger partial charge is 0.148 e. The van der Waals surface area contributed by atoms with Crippen LogP contribution in [0.4, 0.5) is 15.8 Å². The molecule has 0 aliphatic carbocycles. The van der Waals surface area contributed by atoms with Crippen LogP contribution in [0.1, 0.15) is 12.8 Å². The fourth-order valence-corrected chi connectivity index (χ4v) is 1.88. The maximum atomic E-state index is 13.4. The molecule has 16 heavy (non-hydrogen) atoms. The number of nitrogen functional groups attached to an aromatic ring is 1. The average molecular weight is 224 g/mol. The molecule has 0 radical (unpaired) electrons. The Morgan fingerprint density at radius 2 is 2.12 bits per heavy atom. The van der Waals surface area contributed by atoms with Gasteiger partial charge in [0.25, 0.3) is 0 Å². The van der Waals surface area contributed by atoms with Crippen LogP contribution in [-0.2, 0) is 4.74 Å². The van der Waals surface area contributed by atoms with Crippen LogP contribution in [0.5, 0.6) is 0 Å². The maximum Gasteiger partial charge on any atom is 0.148 e. The minimum Gasteiger partial charge on any atom is -0.399 e. The first kappa shape index (κ1) is 11.2. The zero-order valence-electron chi connectivity index (χ0n) is 9.21. The largest absolute Gasteiger partial charge is 0.399 e. The van der Waals surface area contributed by atoms with Crippen LogP contribution in [0.3, 0.4) is 0 Å². The molecule has 0 atom stereocenters. The topological polar surface area (TPSA) is 47.3 Å². The number of ether oxygens (including phenoxy) is 1. The van der Waals surface area contributed by atoms with Crippen LogP contribution < -0.4 is 11.1 Å². The summed E-state index contributed by atoms with van der Waals surface area (Å²) in [5.41, 5.74) is 6.46. The third-order valence-corrected chi connectivity index (χ3v) is 2.92. The van der Waals surface area contributed by atoms with Crippen molar-refractivity contribution in [3.05, 3.63) is 24.0 Å². The summed E-state index contributed by atoms with van der Waals surface area (Å²) < 4.78 is 18.7. The summed E-state index contributed by atoms with van der Waals surface area (Å²) in [6, 6.07) is 4.73. The van der Waals surface area contributed by atoms with Crippen molar-refractivity contribution in [2.45, 2.75) is 12.8 Å². The molecule has 0 saturated carbocycles. The molecule has 0 bridgehead atoms. The molecule has 0 spiro atoms. The molecule has 1 aromatic rings. The number of hydrogen-bond donors (Lipinski definition) is 2. The van der Waals surface area contributed by atoms with E-state index in [4.69, 9.17) is 10.5 Å². The lowest BCUT2D eigenvalue weighted by atomic mass is 10.0. The van der Waals surface area contributed by atoms with Crippen LogP contribution in [0.25, 0.3) is 0 Å². The van der Waals surface area contributed by atoms with Crippen LogP contribution in [0, 0.1) is 11.7 Å². The second-order valence-electron chi connectivity index (χ2n) is 4.18. The van der Waals surface area contributed by atoms with E-state index in [0.717, 1.165) is 32.6 Å². The van der Waals surface area contributed by atoms with Gasteiger partial charge in [0.1, 0.15) is 5.82 Å². The van der Waals surface area contributed by atoms with E-state index >= 15 is 0 Å². The van der Waals surface area contributed by atoms with Crippen molar-refractivity contribution >= 4 is 11.4 Å². The molecule has 4 heteroatoms. The summed E-state index contributed by atoms with van der Waals surface area (Å²) in [6.45, 7) is 2.43. The second kappa shape index (κ2) is 5.16. The van der Waals surface area contributed by atoms with E-state index in [1.54, 1.807) is 12.1 Å². The molecule has 1 saturated heterocycles. The van der Waals surface area contributed by atoms with Gasteiger partial charge in [0.15, 0.2) is 0 Å². The summed E-state index contributed by atoms with van der Waals surface area (Å²) in [6.07, 6.45) is 2.09. The highest BCUT2D eigenvalue weighted by Gasteiger charge is 2.13. The Balaban J connectivity index is 1.88. The van der Waals surface area contributed by atoms with Gasteiger partial charge in [-0.3, -0.25) is 0 Å². The van der Waals surface area contributed by atoms with Gasteiger partial charge in [0.05, 0.1) is 5.69 Å². The second-order valence-corrected chi connectivity index (χ2v) is 4.18. The lowest BCUT2D eigenvalue weighted by molar-refractivity contribution is 0.0699. The number of anilines is 2. The molecule has 1 heterocycles. The van der Waals surface area contributed by atoms with Crippen molar-refractivity contribution in [2.75, 3.05) is 30.8 Å². The van der Waals surface area contributed by atoms with Crippen molar-refractivity contribution in [3.8, 4) is 0 Å². The first-order chi connectivity index (χ1) is 7.75. The Hall–Kier alpha value is -1.29. The van der Waals surface area contributed by atoms with Gasteiger partial charge >= 0.3 is 0 Å². The number of rotatable bonds is 3. The molecule has 0 aromatic heterocycles. The fraction of sp³-hybridized carbons (Fsp3) is 0.500. The molecule has 2 rings (SSSR count). The third-order valence-electron chi connectivity index (χ3n) is 2.92. The van der Waals surface area contributed by atoms with Gasteiger partial charge in [0, 0.05) is 25.4 Å². The van der Waals surface area contributed by atoms with Gasteiger partial charge in [-0.2, -0.15) is 0 Å². The van der Waals surface area contributed by atoms with Crippen LogP contribution in [0.2, 0.25) is 0 Å². The van der Waals surface area contributed by atoms with E-state index in [1.165, 1.54) is 6.07 Å². The van der Waals surface area contributed by atoms with Gasteiger partial charge in [-0.25, -0.2) is 4.39 Å². The first-order valence-electron chi connectivity index (χ1n) is 5.62. The molecule has 0 amide bonds. The van der Waals surface area contributed by atoms with Crippen LogP contribution >= 0.6 is 0 Å². The van der Waals surface area contributed by atoms with E-state index in [9.17, 15) is 4.39 Å². The van der Waals surface area contributed by atoms with Crippen molar-refractivity contribution in [1.29, 1.82) is 0 Å². The van der Waals surface area contributed by atoms with Crippen molar-refractivity contribution < 1.29 is 9.13 Å². The van der Waals surface area contributed by atoms with Crippen molar-refractivity contribution in [3.63, 3.8) is 0 Å². The number of nitrogens with one attached hydrogen (secondary N) is 1. The predicted molar refractivity (Wildman–Crippen MR) is 62.8 cm³/mol. The van der Waals surface area contributed by atoms with Gasteiger partial charge in [-0.1, -0.05) is 0 Å². The van der Waals surface area contributed by atoms with Crippen LogP contribution in [0.15, 0.2) is 18.2 Å². The molecule has 1 aromatic carbocycles. The highest BCUT2D eigenvalue weighted by atomic mass is 19.1. The minimum atomic E-state index is -0.285. The maximum absolute atomic E-state index is 13.4. The number of benzene rings is 1. The van der Waals surface area contributed by atoms with E-state index < -0.39 is 0 Å². The molecule has 88 valence electrons. The summed E-state index contributed by atoms with van der Waals surface area (Å²) in [7, 11) is 0. The summed E-state index contributed by atoms with van der Waals surface area (Å²) in [5, 5.41) is 3.12. The molecule has 1 aliphatic rings. The third kappa shape index (κ3) is 2.85. The molecule has 3 nitrogen and oxygen atoms in total. The van der Waals surface area contributed by atoms with Gasteiger partial charge in [-0.15, -0.1) is 0 Å². The number of hydrogen-bond acceptors (Lipinski definition) is 3. The Bertz CT molecular complexity index is 351. The van der Waals surface area contributed by atoms with E-state index in [1.807, 2.05) is 0 Å². The first-order valence-corrected chi connectivity index (χ1v) is 5.62. The van der Waals surface area contributed by atoms with Gasteiger partial charge in [0.2, 0.25) is 0 Å². The molecular weight excluding hydrogens is 207 g/mol. The van der Waals surface area contributed by atoms with Crippen molar-refractivity contribution in [2.24, 2.45) is 5.92 Å². The molecular formula is C12H17FN2O. The van der Waals surface area contributed by atoms with Crippen LogP contribution in [-0.4, -0.2) is 19.8 Å². The van der Waals surface area contributed by atoms with Gasteiger partial charge < -0.3 is 15.8 Å². The average Bonchev–Trinajstić information content (AvgIpc) is 2.29. The zero-order valence-corrected chi connectivity index (χ0v) is 9.21. The highest BCUT2D eigenvalue weighted by molar-refractivity contribution is 5.52. The minimum absolute atomic E-state index is 0.285. The predicted octanol–water partition coefficient (Wildman–Crippen LogP) is 2.25.